The SMILES string of the molecule is Cc1cccc(-c2[nH]ncc2CNC(C)C)c1C. The molecule has 2 rings (SSSR count). The largest absolute Gasteiger partial charge is 0.310 e. The first-order valence-corrected chi connectivity index (χ1v) is 6.41. The van der Waals surface area contributed by atoms with E-state index < -0.39 is 0 Å². The molecule has 96 valence electrons. The lowest BCUT2D eigenvalue weighted by molar-refractivity contribution is 0.589. The topological polar surface area (TPSA) is 40.7 Å². The van der Waals surface area contributed by atoms with Crippen molar-refractivity contribution in [2.45, 2.75) is 40.3 Å². The first-order chi connectivity index (χ1) is 8.59. The van der Waals surface area contributed by atoms with Crippen LogP contribution < -0.4 is 5.32 Å². The Morgan fingerprint density at radius 2 is 2.06 bits per heavy atom. The number of aromatic amines is 1. The van der Waals surface area contributed by atoms with Gasteiger partial charge in [0, 0.05) is 23.7 Å². The summed E-state index contributed by atoms with van der Waals surface area (Å²) < 4.78 is 0. The second-order valence-corrected chi connectivity index (χ2v) is 5.05. The predicted molar refractivity (Wildman–Crippen MR) is 75.5 cm³/mol. The Hall–Kier alpha value is -1.61. The molecule has 1 aromatic heterocycles. The zero-order valence-electron chi connectivity index (χ0n) is 11.5. The highest BCUT2D eigenvalue weighted by Gasteiger charge is 2.10. The molecule has 0 fully saturated rings. The van der Waals surface area contributed by atoms with Crippen LogP contribution in [0.3, 0.4) is 0 Å². The number of rotatable bonds is 4. The predicted octanol–water partition coefficient (Wildman–Crippen LogP) is 3.19. The molecule has 18 heavy (non-hydrogen) atoms. The maximum absolute atomic E-state index is 4.18. The van der Waals surface area contributed by atoms with E-state index in [1.54, 1.807) is 0 Å². The maximum atomic E-state index is 4.18. The van der Waals surface area contributed by atoms with E-state index in [1.807, 2.05) is 6.20 Å². The zero-order chi connectivity index (χ0) is 13.1. The smallest absolute Gasteiger partial charge is 0.0697 e. The maximum Gasteiger partial charge on any atom is 0.0697 e. The summed E-state index contributed by atoms with van der Waals surface area (Å²) in [5.41, 5.74) is 6.22. The standard InChI is InChI=1S/C15H21N3/c1-10(2)16-8-13-9-17-18-15(13)14-7-5-6-11(3)12(14)4/h5-7,9-10,16H,8H2,1-4H3,(H,17,18). The van der Waals surface area contributed by atoms with Crippen molar-refractivity contribution in [3.05, 3.63) is 41.1 Å². The molecule has 0 atom stereocenters. The van der Waals surface area contributed by atoms with Crippen molar-refractivity contribution in [2.24, 2.45) is 0 Å². The summed E-state index contributed by atoms with van der Waals surface area (Å²) in [6.07, 6.45) is 1.91. The zero-order valence-corrected chi connectivity index (χ0v) is 11.5. The normalized spacial score (nSPS) is 11.2. The highest BCUT2D eigenvalue weighted by Crippen LogP contribution is 2.26. The fourth-order valence-corrected chi connectivity index (χ4v) is 2.01. The molecule has 0 unspecified atom stereocenters. The molecular formula is C15H21N3. The minimum absolute atomic E-state index is 0.478. The van der Waals surface area contributed by atoms with E-state index >= 15 is 0 Å². The summed E-state index contributed by atoms with van der Waals surface area (Å²) in [6, 6.07) is 6.86. The number of benzene rings is 1. The van der Waals surface area contributed by atoms with Crippen LogP contribution in [-0.4, -0.2) is 16.2 Å². The van der Waals surface area contributed by atoms with Gasteiger partial charge in [0.2, 0.25) is 0 Å². The molecule has 1 aromatic carbocycles. The fourth-order valence-electron chi connectivity index (χ4n) is 2.01. The third-order valence-electron chi connectivity index (χ3n) is 3.29. The molecule has 1 heterocycles. The molecule has 0 amide bonds. The van der Waals surface area contributed by atoms with Gasteiger partial charge in [0.15, 0.2) is 0 Å². The first-order valence-electron chi connectivity index (χ1n) is 6.41. The summed E-state index contributed by atoms with van der Waals surface area (Å²) in [5, 5.41) is 10.7. The summed E-state index contributed by atoms with van der Waals surface area (Å²) in [7, 11) is 0. The molecule has 3 heteroatoms. The highest BCUT2D eigenvalue weighted by molar-refractivity contribution is 5.67. The molecule has 3 nitrogen and oxygen atoms in total. The number of aromatic nitrogens is 2. The third kappa shape index (κ3) is 2.62. The minimum atomic E-state index is 0.478. The van der Waals surface area contributed by atoms with Crippen LogP contribution in [0.2, 0.25) is 0 Å². The highest BCUT2D eigenvalue weighted by atomic mass is 15.1. The number of hydrogen-bond acceptors (Lipinski definition) is 2. The van der Waals surface area contributed by atoms with Crippen LogP contribution in [0, 0.1) is 13.8 Å². The van der Waals surface area contributed by atoms with Crippen LogP contribution in [-0.2, 0) is 6.54 Å². The van der Waals surface area contributed by atoms with Gasteiger partial charge in [0.1, 0.15) is 0 Å². The van der Waals surface area contributed by atoms with E-state index in [2.05, 4.69) is 61.4 Å². The summed E-state index contributed by atoms with van der Waals surface area (Å²) in [5.74, 6) is 0. The average molecular weight is 243 g/mol. The minimum Gasteiger partial charge on any atom is -0.310 e. The van der Waals surface area contributed by atoms with E-state index in [4.69, 9.17) is 0 Å². The van der Waals surface area contributed by atoms with Gasteiger partial charge in [0.05, 0.1) is 11.9 Å². The number of nitrogens with zero attached hydrogens (tertiary/aromatic N) is 1. The molecule has 0 radical (unpaired) electrons. The molecule has 2 aromatic rings. The van der Waals surface area contributed by atoms with E-state index in [9.17, 15) is 0 Å². The molecule has 0 bridgehead atoms. The van der Waals surface area contributed by atoms with Gasteiger partial charge in [-0.25, -0.2) is 0 Å². The quantitative estimate of drug-likeness (QED) is 0.865. The van der Waals surface area contributed by atoms with Gasteiger partial charge in [-0.05, 0) is 25.0 Å². The molecular weight excluding hydrogens is 222 g/mol. The molecule has 0 aliphatic heterocycles. The van der Waals surface area contributed by atoms with Crippen LogP contribution >= 0.6 is 0 Å². The number of aryl methyl sites for hydroxylation is 1. The summed E-state index contributed by atoms with van der Waals surface area (Å²) in [4.78, 5) is 0. The molecule has 2 N–H and O–H groups in total. The fraction of sp³-hybridized carbons (Fsp3) is 0.400. The molecule has 0 saturated heterocycles. The lowest BCUT2D eigenvalue weighted by Gasteiger charge is -2.11. The van der Waals surface area contributed by atoms with E-state index in [1.165, 1.54) is 22.3 Å². The Labute approximate surface area is 109 Å². The Bertz CT molecular complexity index is 526. The summed E-state index contributed by atoms with van der Waals surface area (Å²) in [6.45, 7) is 9.44. The Morgan fingerprint density at radius 3 is 2.78 bits per heavy atom. The monoisotopic (exact) mass is 243 g/mol. The molecule has 0 aliphatic rings. The van der Waals surface area contributed by atoms with Gasteiger partial charge < -0.3 is 5.32 Å². The van der Waals surface area contributed by atoms with Gasteiger partial charge >= 0.3 is 0 Å². The summed E-state index contributed by atoms with van der Waals surface area (Å²) >= 11 is 0. The second-order valence-electron chi connectivity index (χ2n) is 5.05. The van der Waals surface area contributed by atoms with Crippen molar-refractivity contribution in [3.63, 3.8) is 0 Å². The van der Waals surface area contributed by atoms with Crippen molar-refractivity contribution in [2.75, 3.05) is 0 Å². The van der Waals surface area contributed by atoms with Crippen LogP contribution in [0.25, 0.3) is 11.3 Å². The Kier molecular flexibility index (Phi) is 3.82. The van der Waals surface area contributed by atoms with Crippen LogP contribution in [0.15, 0.2) is 24.4 Å². The average Bonchev–Trinajstić information content (AvgIpc) is 2.78. The van der Waals surface area contributed by atoms with Crippen molar-refractivity contribution in [3.8, 4) is 11.3 Å². The van der Waals surface area contributed by atoms with Gasteiger partial charge in [-0.1, -0.05) is 32.0 Å². The van der Waals surface area contributed by atoms with Crippen molar-refractivity contribution >= 4 is 0 Å². The lowest BCUT2D eigenvalue weighted by atomic mass is 9.99. The Balaban J connectivity index is 2.33. The second kappa shape index (κ2) is 5.36. The van der Waals surface area contributed by atoms with Gasteiger partial charge in [-0.3, -0.25) is 5.10 Å². The van der Waals surface area contributed by atoms with Crippen molar-refractivity contribution in [1.82, 2.24) is 15.5 Å². The van der Waals surface area contributed by atoms with Gasteiger partial charge in [0.25, 0.3) is 0 Å². The van der Waals surface area contributed by atoms with E-state index in [-0.39, 0.29) is 0 Å². The van der Waals surface area contributed by atoms with Crippen LogP contribution in [0.1, 0.15) is 30.5 Å². The van der Waals surface area contributed by atoms with Crippen LogP contribution in [0.4, 0.5) is 0 Å². The number of H-pyrrole nitrogens is 1. The third-order valence-corrected chi connectivity index (χ3v) is 3.29. The van der Waals surface area contributed by atoms with E-state index in [0.717, 1.165) is 12.2 Å². The van der Waals surface area contributed by atoms with Gasteiger partial charge in [-0.2, -0.15) is 5.10 Å². The van der Waals surface area contributed by atoms with Crippen LogP contribution in [0.5, 0.6) is 0 Å². The molecule has 0 aliphatic carbocycles. The van der Waals surface area contributed by atoms with Crippen molar-refractivity contribution < 1.29 is 0 Å². The van der Waals surface area contributed by atoms with Gasteiger partial charge in [-0.15, -0.1) is 0 Å². The molecule has 0 spiro atoms. The van der Waals surface area contributed by atoms with Crippen molar-refractivity contribution in [1.29, 1.82) is 0 Å². The molecule has 0 saturated carbocycles. The number of hydrogen-bond donors (Lipinski definition) is 2. The lowest BCUT2D eigenvalue weighted by Crippen LogP contribution is -2.21. The Morgan fingerprint density at radius 1 is 1.28 bits per heavy atom. The first kappa shape index (κ1) is 12.8. The van der Waals surface area contributed by atoms with E-state index in [0.29, 0.717) is 6.04 Å². The number of nitrogens with one attached hydrogen (secondary N) is 2.